The standard InChI is InChI=1S/C9H9BrN2O2/c10-8-2-1-5(4-11-8)6-3-7(6)12-9(13)14/h1-2,4,6-7,12H,3H2,(H,13,14)/t6-,7+/m0/s1. The fourth-order valence-electron chi connectivity index (χ4n) is 1.49. The summed E-state index contributed by atoms with van der Waals surface area (Å²) >= 11 is 3.25. The predicted octanol–water partition coefficient (Wildman–Crippen LogP) is 1.97. The van der Waals surface area contributed by atoms with E-state index in [2.05, 4.69) is 26.2 Å². The molecule has 0 saturated heterocycles. The average Bonchev–Trinajstić information content (AvgIpc) is 2.84. The van der Waals surface area contributed by atoms with Crippen LogP contribution in [0.25, 0.3) is 0 Å². The molecule has 0 spiro atoms. The number of nitrogens with zero attached hydrogens (tertiary/aromatic N) is 1. The molecule has 5 heteroatoms. The largest absolute Gasteiger partial charge is 0.465 e. The summed E-state index contributed by atoms with van der Waals surface area (Å²) in [6.45, 7) is 0. The third-order valence-electron chi connectivity index (χ3n) is 2.28. The molecule has 1 amide bonds. The highest BCUT2D eigenvalue weighted by Crippen LogP contribution is 2.40. The summed E-state index contributed by atoms with van der Waals surface area (Å²) in [7, 11) is 0. The molecule has 4 nitrogen and oxygen atoms in total. The second-order valence-corrected chi connectivity index (χ2v) is 4.12. The van der Waals surface area contributed by atoms with Crippen LogP contribution in [0.2, 0.25) is 0 Å². The van der Waals surface area contributed by atoms with Gasteiger partial charge in [-0.2, -0.15) is 0 Å². The molecule has 1 heterocycles. The van der Waals surface area contributed by atoms with Crippen molar-refractivity contribution in [2.75, 3.05) is 0 Å². The van der Waals surface area contributed by atoms with Crippen molar-refractivity contribution in [3.8, 4) is 0 Å². The van der Waals surface area contributed by atoms with Gasteiger partial charge in [-0.15, -0.1) is 0 Å². The molecule has 0 aromatic carbocycles. The molecule has 0 unspecified atom stereocenters. The maximum Gasteiger partial charge on any atom is 0.404 e. The second-order valence-electron chi connectivity index (χ2n) is 3.31. The minimum Gasteiger partial charge on any atom is -0.465 e. The van der Waals surface area contributed by atoms with E-state index >= 15 is 0 Å². The van der Waals surface area contributed by atoms with Crippen molar-refractivity contribution in [3.63, 3.8) is 0 Å². The summed E-state index contributed by atoms with van der Waals surface area (Å²) in [5, 5.41) is 11.0. The monoisotopic (exact) mass is 256 g/mol. The number of nitrogens with one attached hydrogen (secondary N) is 1. The van der Waals surface area contributed by atoms with Gasteiger partial charge in [0.2, 0.25) is 0 Å². The average molecular weight is 257 g/mol. The molecule has 1 aromatic heterocycles. The van der Waals surface area contributed by atoms with Gasteiger partial charge in [-0.1, -0.05) is 6.07 Å². The lowest BCUT2D eigenvalue weighted by Crippen LogP contribution is -2.24. The van der Waals surface area contributed by atoms with Gasteiger partial charge in [0.15, 0.2) is 0 Å². The van der Waals surface area contributed by atoms with Crippen molar-refractivity contribution in [1.82, 2.24) is 10.3 Å². The highest BCUT2D eigenvalue weighted by molar-refractivity contribution is 9.10. The predicted molar refractivity (Wildman–Crippen MR) is 54.2 cm³/mol. The van der Waals surface area contributed by atoms with E-state index in [9.17, 15) is 4.79 Å². The first kappa shape index (κ1) is 9.45. The summed E-state index contributed by atoms with van der Waals surface area (Å²) in [4.78, 5) is 14.4. The highest BCUT2D eigenvalue weighted by Gasteiger charge is 2.39. The van der Waals surface area contributed by atoms with Crippen LogP contribution in [0.1, 0.15) is 17.9 Å². The number of rotatable bonds is 2. The molecule has 1 aliphatic carbocycles. The molecule has 2 atom stereocenters. The first-order valence-corrected chi connectivity index (χ1v) is 5.07. The van der Waals surface area contributed by atoms with E-state index in [4.69, 9.17) is 5.11 Å². The third-order valence-corrected chi connectivity index (χ3v) is 2.75. The molecule has 0 bridgehead atoms. The Labute approximate surface area is 89.5 Å². The topological polar surface area (TPSA) is 62.2 Å². The highest BCUT2D eigenvalue weighted by atomic mass is 79.9. The number of hydrogen-bond acceptors (Lipinski definition) is 2. The summed E-state index contributed by atoms with van der Waals surface area (Å²) in [6, 6.07) is 3.90. The van der Waals surface area contributed by atoms with E-state index in [1.165, 1.54) is 0 Å². The van der Waals surface area contributed by atoms with Crippen LogP contribution in [0.3, 0.4) is 0 Å². The first-order chi connectivity index (χ1) is 6.66. The Hall–Kier alpha value is -1.10. The fraction of sp³-hybridized carbons (Fsp3) is 0.333. The van der Waals surface area contributed by atoms with Crippen LogP contribution in [0.4, 0.5) is 4.79 Å². The normalized spacial score (nSPS) is 24.4. The molecular formula is C9H9BrN2O2. The Bertz CT molecular complexity index is 352. The molecular weight excluding hydrogens is 248 g/mol. The van der Waals surface area contributed by atoms with Gasteiger partial charge in [-0.3, -0.25) is 0 Å². The van der Waals surface area contributed by atoms with Gasteiger partial charge in [-0.25, -0.2) is 9.78 Å². The van der Waals surface area contributed by atoms with E-state index in [1.807, 2.05) is 12.1 Å². The summed E-state index contributed by atoms with van der Waals surface area (Å²) in [6.07, 6.45) is 1.69. The van der Waals surface area contributed by atoms with Gasteiger partial charge in [0, 0.05) is 18.2 Å². The molecule has 1 fully saturated rings. The van der Waals surface area contributed by atoms with Crippen LogP contribution in [0.5, 0.6) is 0 Å². The summed E-state index contributed by atoms with van der Waals surface area (Å²) < 4.78 is 0.796. The third kappa shape index (κ3) is 2.04. The van der Waals surface area contributed by atoms with Crippen LogP contribution in [-0.4, -0.2) is 22.2 Å². The zero-order valence-electron chi connectivity index (χ0n) is 7.27. The van der Waals surface area contributed by atoms with Crippen molar-refractivity contribution in [2.24, 2.45) is 0 Å². The van der Waals surface area contributed by atoms with Crippen molar-refractivity contribution >= 4 is 22.0 Å². The number of carboxylic acid groups (broad SMARTS) is 1. The zero-order chi connectivity index (χ0) is 10.1. The number of aromatic nitrogens is 1. The Balaban J connectivity index is 1.99. The van der Waals surface area contributed by atoms with Gasteiger partial charge in [-0.05, 0) is 34.0 Å². The first-order valence-electron chi connectivity index (χ1n) is 4.28. The lowest BCUT2D eigenvalue weighted by molar-refractivity contribution is 0.193. The second kappa shape index (κ2) is 3.57. The Morgan fingerprint density at radius 3 is 3.00 bits per heavy atom. The fourth-order valence-corrected chi connectivity index (χ4v) is 1.72. The van der Waals surface area contributed by atoms with Gasteiger partial charge in [0.05, 0.1) is 0 Å². The van der Waals surface area contributed by atoms with E-state index in [1.54, 1.807) is 6.20 Å². The number of pyridine rings is 1. The van der Waals surface area contributed by atoms with Crippen LogP contribution < -0.4 is 5.32 Å². The lowest BCUT2D eigenvalue weighted by atomic mass is 10.2. The smallest absolute Gasteiger partial charge is 0.404 e. The molecule has 1 saturated carbocycles. The lowest BCUT2D eigenvalue weighted by Gasteiger charge is -2.00. The molecule has 2 rings (SSSR count). The molecule has 14 heavy (non-hydrogen) atoms. The Kier molecular flexibility index (Phi) is 2.41. The number of hydrogen-bond donors (Lipinski definition) is 2. The van der Waals surface area contributed by atoms with Gasteiger partial charge >= 0.3 is 6.09 Å². The zero-order valence-corrected chi connectivity index (χ0v) is 8.86. The van der Waals surface area contributed by atoms with E-state index < -0.39 is 6.09 Å². The Morgan fingerprint density at radius 1 is 1.64 bits per heavy atom. The molecule has 0 aliphatic heterocycles. The molecule has 1 aliphatic rings. The molecule has 74 valence electrons. The van der Waals surface area contributed by atoms with Crippen LogP contribution in [-0.2, 0) is 0 Å². The maximum atomic E-state index is 10.3. The maximum absolute atomic E-state index is 10.3. The summed E-state index contributed by atoms with van der Waals surface area (Å²) in [5.41, 5.74) is 1.09. The molecule has 0 radical (unpaired) electrons. The van der Waals surface area contributed by atoms with Crippen LogP contribution >= 0.6 is 15.9 Å². The summed E-state index contributed by atoms with van der Waals surface area (Å²) in [5.74, 6) is 0.298. The van der Waals surface area contributed by atoms with E-state index in [0.29, 0.717) is 5.92 Å². The number of halogens is 1. The quantitative estimate of drug-likeness (QED) is 0.796. The van der Waals surface area contributed by atoms with Crippen LogP contribution in [0, 0.1) is 0 Å². The minimum absolute atomic E-state index is 0.0653. The number of carbonyl (C=O) groups is 1. The van der Waals surface area contributed by atoms with Crippen molar-refractivity contribution < 1.29 is 9.90 Å². The van der Waals surface area contributed by atoms with Gasteiger partial charge in [0.1, 0.15) is 4.60 Å². The van der Waals surface area contributed by atoms with Crippen molar-refractivity contribution in [3.05, 3.63) is 28.5 Å². The molecule has 1 aromatic rings. The van der Waals surface area contributed by atoms with Crippen molar-refractivity contribution in [2.45, 2.75) is 18.4 Å². The van der Waals surface area contributed by atoms with Gasteiger partial charge in [0.25, 0.3) is 0 Å². The van der Waals surface area contributed by atoms with Crippen LogP contribution in [0.15, 0.2) is 22.9 Å². The van der Waals surface area contributed by atoms with E-state index in [-0.39, 0.29) is 6.04 Å². The number of amides is 1. The van der Waals surface area contributed by atoms with Gasteiger partial charge < -0.3 is 10.4 Å². The minimum atomic E-state index is -0.956. The van der Waals surface area contributed by atoms with E-state index in [0.717, 1.165) is 16.6 Å². The molecule has 2 N–H and O–H groups in total. The SMILES string of the molecule is O=C(O)N[C@@H]1C[C@H]1c1ccc(Br)nc1. The van der Waals surface area contributed by atoms with Crippen molar-refractivity contribution in [1.29, 1.82) is 0 Å². The Morgan fingerprint density at radius 2 is 2.43 bits per heavy atom.